The standard InChI is InChI=1S/C28H25BrN4O2/c1-18-3-4-21(11-22(18)13-27(34)23-12-25(29)15-30-14-23)28(35)33-16-24(17-33)19-5-7-20(8-6-19)26-9-10-31-32(26)2/h3-12,14-15,24H,13,16-17H2,1-2H3. The monoisotopic (exact) mass is 528 g/mol. The van der Waals surface area contributed by atoms with Gasteiger partial charge in [-0.2, -0.15) is 5.10 Å². The van der Waals surface area contributed by atoms with E-state index in [-0.39, 0.29) is 18.1 Å². The molecule has 35 heavy (non-hydrogen) atoms. The number of amides is 1. The minimum absolute atomic E-state index is 0.00516. The van der Waals surface area contributed by atoms with Crippen molar-refractivity contribution in [3.8, 4) is 11.3 Å². The molecule has 4 aromatic rings. The number of aromatic nitrogens is 3. The van der Waals surface area contributed by atoms with Gasteiger partial charge >= 0.3 is 0 Å². The molecule has 1 fully saturated rings. The molecule has 0 spiro atoms. The first-order chi connectivity index (χ1) is 16.9. The van der Waals surface area contributed by atoms with E-state index in [0.717, 1.165) is 26.9 Å². The van der Waals surface area contributed by atoms with Crippen molar-refractivity contribution in [2.75, 3.05) is 13.1 Å². The fourth-order valence-electron chi connectivity index (χ4n) is 4.46. The Balaban J connectivity index is 1.24. The van der Waals surface area contributed by atoms with Crippen LogP contribution >= 0.6 is 15.9 Å². The second-order valence-electron chi connectivity index (χ2n) is 9.00. The molecule has 1 aliphatic heterocycles. The van der Waals surface area contributed by atoms with Crippen molar-refractivity contribution >= 4 is 27.6 Å². The quantitative estimate of drug-likeness (QED) is 0.322. The number of hydrogen-bond donors (Lipinski definition) is 0. The zero-order chi connectivity index (χ0) is 24.5. The zero-order valence-electron chi connectivity index (χ0n) is 19.6. The molecule has 0 radical (unpaired) electrons. The van der Waals surface area contributed by atoms with Gasteiger partial charge in [-0.3, -0.25) is 19.3 Å². The van der Waals surface area contributed by atoms with Crippen LogP contribution in [0.3, 0.4) is 0 Å². The lowest BCUT2D eigenvalue weighted by Gasteiger charge is -2.39. The van der Waals surface area contributed by atoms with Gasteiger partial charge in [0.1, 0.15) is 0 Å². The van der Waals surface area contributed by atoms with Gasteiger partial charge in [0.05, 0.1) is 5.69 Å². The van der Waals surface area contributed by atoms with Crippen molar-refractivity contribution in [1.82, 2.24) is 19.7 Å². The third kappa shape index (κ3) is 4.82. The molecule has 6 nitrogen and oxygen atoms in total. The molecule has 0 N–H and O–H groups in total. The van der Waals surface area contributed by atoms with Crippen LogP contribution < -0.4 is 0 Å². The van der Waals surface area contributed by atoms with Crippen LogP contribution in [0.25, 0.3) is 11.3 Å². The number of likely N-dealkylation sites (tertiary alicyclic amines) is 1. The summed E-state index contributed by atoms with van der Waals surface area (Å²) in [5.74, 6) is 0.311. The maximum atomic E-state index is 13.1. The number of carbonyl (C=O) groups is 2. The third-order valence-corrected chi connectivity index (χ3v) is 7.08. The molecule has 1 saturated heterocycles. The number of ketones is 1. The van der Waals surface area contributed by atoms with Crippen LogP contribution in [-0.2, 0) is 13.5 Å². The maximum absolute atomic E-state index is 13.1. The number of rotatable bonds is 6. The van der Waals surface area contributed by atoms with Gasteiger partial charge in [-0.25, -0.2) is 0 Å². The van der Waals surface area contributed by atoms with Crippen LogP contribution in [0.1, 0.15) is 43.3 Å². The van der Waals surface area contributed by atoms with Crippen LogP contribution in [0.4, 0.5) is 0 Å². The van der Waals surface area contributed by atoms with E-state index in [0.29, 0.717) is 30.1 Å². The highest BCUT2D eigenvalue weighted by molar-refractivity contribution is 9.10. The summed E-state index contributed by atoms with van der Waals surface area (Å²) in [5, 5.41) is 4.23. The summed E-state index contributed by atoms with van der Waals surface area (Å²) in [4.78, 5) is 31.8. The molecule has 5 rings (SSSR count). The Labute approximate surface area is 212 Å². The summed E-state index contributed by atoms with van der Waals surface area (Å²) in [7, 11) is 1.93. The number of nitrogens with zero attached hydrogens (tertiary/aromatic N) is 4. The minimum Gasteiger partial charge on any atom is -0.337 e. The third-order valence-electron chi connectivity index (χ3n) is 6.64. The molecule has 0 atom stereocenters. The molecule has 0 aliphatic carbocycles. The van der Waals surface area contributed by atoms with Gasteiger partial charge in [0, 0.05) is 66.7 Å². The van der Waals surface area contributed by atoms with E-state index in [1.54, 1.807) is 24.7 Å². The van der Waals surface area contributed by atoms with E-state index in [9.17, 15) is 9.59 Å². The summed E-state index contributed by atoms with van der Waals surface area (Å²) in [6.45, 7) is 3.34. The van der Waals surface area contributed by atoms with E-state index in [4.69, 9.17) is 0 Å². The first-order valence-electron chi connectivity index (χ1n) is 11.5. The highest BCUT2D eigenvalue weighted by Crippen LogP contribution is 2.30. The lowest BCUT2D eigenvalue weighted by molar-refractivity contribution is 0.0602. The van der Waals surface area contributed by atoms with Gasteiger partial charge in [-0.1, -0.05) is 30.3 Å². The van der Waals surface area contributed by atoms with E-state index in [2.05, 4.69) is 50.3 Å². The van der Waals surface area contributed by atoms with E-state index in [1.807, 2.05) is 47.8 Å². The Hall–Kier alpha value is -3.58. The summed E-state index contributed by atoms with van der Waals surface area (Å²) < 4.78 is 2.63. The van der Waals surface area contributed by atoms with Gasteiger partial charge in [0.25, 0.3) is 5.91 Å². The molecule has 1 aliphatic rings. The fraction of sp³-hybridized carbons (Fsp3) is 0.214. The smallest absolute Gasteiger partial charge is 0.253 e. The lowest BCUT2D eigenvalue weighted by atomic mass is 9.89. The van der Waals surface area contributed by atoms with Gasteiger partial charge in [-0.05, 0) is 69.4 Å². The maximum Gasteiger partial charge on any atom is 0.253 e. The minimum atomic E-state index is -0.0231. The first-order valence-corrected chi connectivity index (χ1v) is 12.3. The molecule has 2 aromatic heterocycles. The molecular formula is C28H25BrN4O2. The number of pyridine rings is 1. The molecule has 0 unspecified atom stereocenters. The summed E-state index contributed by atoms with van der Waals surface area (Å²) >= 11 is 3.36. The van der Waals surface area contributed by atoms with Crippen molar-refractivity contribution in [3.05, 3.63) is 105 Å². The SMILES string of the molecule is Cc1ccc(C(=O)N2CC(c3ccc(-c4ccnn4C)cc3)C2)cc1CC(=O)c1cncc(Br)c1. The van der Waals surface area contributed by atoms with Crippen LogP contribution in [-0.4, -0.2) is 44.4 Å². The number of aryl methyl sites for hydroxylation is 2. The Kier molecular flexibility index (Phi) is 6.34. The predicted molar refractivity (Wildman–Crippen MR) is 138 cm³/mol. The summed E-state index contributed by atoms with van der Waals surface area (Å²) in [5.41, 5.74) is 6.47. The zero-order valence-corrected chi connectivity index (χ0v) is 21.2. The normalized spacial score (nSPS) is 13.5. The van der Waals surface area contributed by atoms with Gasteiger partial charge < -0.3 is 4.90 Å². The van der Waals surface area contributed by atoms with Crippen molar-refractivity contribution in [2.45, 2.75) is 19.3 Å². The summed E-state index contributed by atoms with van der Waals surface area (Å²) in [6, 6.07) is 17.9. The second kappa shape index (κ2) is 9.58. The number of benzene rings is 2. The number of hydrogen-bond acceptors (Lipinski definition) is 4. The van der Waals surface area contributed by atoms with Crippen molar-refractivity contribution in [3.63, 3.8) is 0 Å². The van der Waals surface area contributed by atoms with E-state index >= 15 is 0 Å². The largest absolute Gasteiger partial charge is 0.337 e. The molecule has 1 amide bonds. The molecule has 2 aromatic carbocycles. The van der Waals surface area contributed by atoms with Crippen molar-refractivity contribution < 1.29 is 9.59 Å². The molecular weight excluding hydrogens is 504 g/mol. The van der Waals surface area contributed by atoms with Crippen LogP contribution in [0.15, 0.2) is 77.7 Å². The molecule has 0 saturated carbocycles. The van der Waals surface area contributed by atoms with Gasteiger partial charge in [0.15, 0.2) is 5.78 Å². The van der Waals surface area contributed by atoms with Gasteiger partial charge in [0.2, 0.25) is 0 Å². The average molecular weight is 529 g/mol. The Morgan fingerprint density at radius 2 is 1.77 bits per heavy atom. The first kappa shape index (κ1) is 23.2. The number of Topliss-reactive ketones (excluding diaryl/α,β-unsaturated/α-hetero) is 1. The topological polar surface area (TPSA) is 68.1 Å². The Bertz CT molecular complexity index is 1400. The highest BCUT2D eigenvalue weighted by atomic mass is 79.9. The van der Waals surface area contributed by atoms with E-state index in [1.165, 1.54) is 5.56 Å². The van der Waals surface area contributed by atoms with Crippen molar-refractivity contribution in [2.24, 2.45) is 7.05 Å². The Morgan fingerprint density at radius 3 is 2.46 bits per heavy atom. The van der Waals surface area contributed by atoms with Gasteiger partial charge in [-0.15, -0.1) is 0 Å². The van der Waals surface area contributed by atoms with E-state index < -0.39 is 0 Å². The lowest BCUT2D eigenvalue weighted by Crippen LogP contribution is -2.48. The summed E-state index contributed by atoms with van der Waals surface area (Å²) in [6.07, 6.45) is 5.25. The fourth-order valence-corrected chi connectivity index (χ4v) is 4.82. The predicted octanol–water partition coefficient (Wildman–Crippen LogP) is 5.22. The molecule has 176 valence electrons. The molecule has 7 heteroatoms. The highest BCUT2D eigenvalue weighted by Gasteiger charge is 2.32. The van der Waals surface area contributed by atoms with Crippen LogP contribution in [0.2, 0.25) is 0 Å². The molecule has 3 heterocycles. The second-order valence-corrected chi connectivity index (χ2v) is 9.92. The molecule has 0 bridgehead atoms. The van der Waals surface area contributed by atoms with Crippen LogP contribution in [0, 0.1) is 6.92 Å². The number of carbonyl (C=O) groups excluding carboxylic acids is 2. The Morgan fingerprint density at radius 1 is 1.00 bits per heavy atom. The van der Waals surface area contributed by atoms with Crippen molar-refractivity contribution in [1.29, 1.82) is 0 Å². The number of halogens is 1. The average Bonchev–Trinajstić information content (AvgIpc) is 3.25. The van der Waals surface area contributed by atoms with Crippen LogP contribution in [0.5, 0.6) is 0 Å².